The van der Waals surface area contributed by atoms with Crippen LogP contribution >= 0.6 is 0 Å². The lowest BCUT2D eigenvalue weighted by Crippen LogP contribution is -2.29. The Labute approximate surface area is 144 Å². The van der Waals surface area contributed by atoms with E-state index in [-0.39, 0.29) is 18.6 Å². The Bertz CT molecular complexity index is 679. The number of nitrogens with one attached hydrogen (secondary N) is 2. The molecule has 0 aliphatic rings. The van der Waals surface area contributed by atoms with Gasteiger partial charge in [0.15, 0.2) is 0 Å². The van der Waals surface area contributed by atoms with Crippen molar-refractivity contribution < 1.29 is 9.53 Å². The van der Waals surface area contributed by atoms with E-state index in [9.17, 15) is 4.79 Å². The van der Waals surface area contributed by atoms with Crippen molar-refractivity contribution in [3.8, 4) is 5.75 Å². The first-order valence-corrected chi connectivity index (χ1v) is 8.27. The molecule has 0 unspecified atom stereocenters. The molecule has 0 aliphatic carbocycles. The van der Waals surface area contributed by atoms with Gasteiger partial charge in [0.05, 0.1) is 12.6 Å². The second kappa shape index (κ2) is 8.39. The van der Waals surface area contributed by atoms with Crippen LogP contribution in [0.3, 0.4) is 0 Å². The molecule has 4 heteroatoms. The highest BCUT2D eigenvalue weighted by Gasteiger charge is 2.04. The minimum Gasteiger partial charge on any atom is -0.491 e. The third-order valence-electron chi connectivity index (χ3n) is 3.61. The van der Waals surface area contributed by atoms with Crippen molar-refractivity contribution in [3.63, 3.8) is 0 Å². The van der Waals surface area contributed by atoms with Gasteiger partial charge in [-0.2, -0.15) is 0 Å². The number of anilines is 1. The first-order chi connectivity index (χ1) is 11.4. The molecule has 2 aromatic carbocycles. The molecule has 2 rings (SSSR count). The maximum absolute atomic E-state index is 12.0. The summed E-state index contributed by atoms with van der Waals surface area (Å²) in [4.78, 5) is 12.0. The number of aryl methyl sites for hydroxylation is 2. The van der Waals surface area contributed by atoms with Crippen LogP contribution in [0.4, 0.5) is 5.69 Å². The Balaban J connectivity index is 1.78. The number of ether oxygens (including phenoxy) is 1. The molecule has 0 fully saturated rings. The van der Waals surface area contributed by atoms with Gasteiger partial charge in [0.2, 0.25) is 5.91 Å². The van der Waals surface area contributed by atoms with Crippen molar-refractivity contribution in [2.45, 2.75) is 40.3 Å². The molecule has 0 spiro atoms. The molecule has 0 bridgehead atoms. The molecule has 0 heterocycles. The monoisotopic (exact) mass is 326 g/mol. The van der Waals surface area contributed by atoms with E-state index in [1.165, 1.54) is 5.56 Å². The number of hydrogen-bond donors (Lipinski definition) is 2. The van der Waals surface area contributed by atoms with Crippen molar-refractivity contribution in [2.24, 2.45) is 0 Å². The maximum Gasteiger partial charge on any atom is 0.239 e. The smallest absolute Gasteiger partial charge is 0.239 e. The molecule has 0 atom stereocenters. The van der Waals surface area contributed by atoms with Crippen LogP contribution in [0.15, 0.2) is 42.5 Å². The zero-order chi connectivity index (χ0) is 17.5. The molecule has 2 aromatic rings. The second-order valence-corrected chi connectivity index (χ2v) is 6.26. The van der Waals surface area contributed by atoms with Crippen LogP contribution in [-0.2, 0) is 11.3 Å². The lowest BCUT2D eigenvalue weighted by molar-refractivity contribution is -0.119. The van der Waals surface area contributed by atoms with Gasteiger partial charge in [-0.05, 0) is 57.0 Å². The first kappa shape index (κ1) is 17.9. The molecule has 1 amide bonds. The minimum absolute atomic E-state index is 0.0301. The molecule has 0 radical (unpaired) electrons. The summed E-state index contributed by atoms with van der Waals surface area (Å²) in [5.41, 5.74) is 4.40. The molecule has 0 aromatic heterocycles. The molecule has 0 aliphatic heterocycles. The van der Waals surface area contributed by atoms with Gasteiger partial charge in [0.1, 0.15) is 5.75 Å². The van der Waals surface area contributed by atoms with Crippen LogP contribution in [0.5, 0.6) is 5.75 Å². The van der Waals surface area contributed by atoms with Crippen molar-refractivity contribution in [1.29, 1.82) is 0 Å². The third-order valence-corrected chi connectivity index (χ3v) is 3.61. The highest BCUT2D eigenvalue weighted by atomic mass is 16.5. The van der Waals surface area contributed by atoms with Crippen molar-refractivity contribution in [2.75, 3.05) is 11.9 Å². The summed E-state index contributed by atoms with van der Waals surface area (Å²) in [5.74, 6) is 0.814. The van der Waals surface area contributed by atoms with Crippen LogP contribution in [0.2, 0.25) is 0 Å². The van der Waals surface area contributed by atoms with Gasteiger partial charge in [-0.1, -0.05) is 29.8 Å². The van der Waals surface area contributed by atoms with Gasteiger partial charge >= 0.3 is 0 Å². The predicted molar refractivity (Wildman–Crippen MR) is 98.5 cm³/mol. The van der Waals surface area contributed by atoms with Crippen molar-refractivity contribution >= 4 is 11.6 Å². The van der Waals surface area contributed by atoms with Crippen molar-refractivity contribution in [1.82, 2.24) is 5.32 Å². The van der Waals surface area contributed by atoms with E-state index in [1.807, 2.05) is 57.2 Å². The Morgan fingerprint density at radius 1 is 1.08 bits per heavy atom. The van der Waals surface area contributed by atoms with E-state index in [0.717, 1.165) is 22.6 Å². The lowest BCUT2D eigenvalue weighted by Gasteiger charge is -2.12. The number of hydrogen-bond acceptors (Lipinski definition) is 3. The summed E-state index contributed by atoms with van der Waals surface area (Å²) in [6.07, 6.45) is 0.159. The van der Waals surface area contributed by atoms with Gasteiger partial charge in [-0.3, -0.25) is 4.79 Å². The maximum atomic E-state index is 12.0. The fraction of sp³-hybridized carbons (Fsp3) is 0.350. The molecular weight excluding hydrogens is 300 g/mol. The quantitative estimate of drug-likeness (QED) is 0.813. The molecule has 0 saturated carbocycles. The molecule has 0 saturated heterocycles. The summed E-state index contributed by atoms with van der Waals surface area (Å²) in [6.45, 7) is 8.86. The van der Waals surface area contributed by atoms with E-state index >= 15 is 0 Å². The Morgan fingerprint density at radius 3 is 2.42 bits per heavy atom. The zero-order valence-corrected chi connectivity index (χ0v) is 14.8. The van der Waals surface area contributed by atoms with E-state index < -0.39 is 0 Å². The van der Waals surface area contributed by atoms with E-state index in [2.05, 4.69) is 23.6 Å². The summed E-state index contributed by atoms with van der Waals surface area (Å²) in [5, 5.41) is 6.09. The van der Waals surface area contributed by atoms with Gasteiger partial charge < -0.3 is 15.4 Å². The topological polar surface area (TPSA) is 50.4 Å². The lowest BCUT2D eigenvalue weighted by atomic mass is 10.1. The van der Waals surface area contributed by atoms with Crippen LogP contribution in [0, 0.1) is 13.8 Å². The third kappa shape index (κ3) is 5.61. The van der Waals surface area contributed by atoms with Crippen LogP contribution in [0.1, 0.15) is 30.5 Å². The van der Waals surface area contributed by atoms with Crippen LogP contribution < -0.4 is 15.4 Å². The van der Waals surface area contributed by atoms with Crippen molar-refractivity contribution in [3.05, 3.63) is 59.2 Å². The fourth-order valence-corrected chi connectivity index (χ4v) is 2.41. The molecular formula is C20H26N2O2. The minimum atomic E-state index is -0.0301. The Kier molecular flexibility index (Phi) is 6.24. The van der Waals surface area contributed by atoms with Gasteiger partial charge in [-0.15, -0.1) is 0 Å². The van der Waals surface area contributed by atoms with Gasteiger partial charge in [-0.25, -0.2) is 0 Å². The highest BCUT2D eigenvalue weighted by Crippen LogP contribution is 2.16. The summed E-state index contributed by atoms with van der Waals surface area (Å²) in [6, 6.07) is 13.9. The fourth-order valence-electron chi connectivity index (χ4n) is 2.41. The SMILES string of the molecule is Cc1ccc(NCC(=O)NCc2ccc(OC(C)C)cc2)c(C)c1. The molecule has 24 heavy (non-hydrogen) atoms. The molecule has 4 nitrogen and oxygen atoms in total. The largest absolute Gasteiger partial charge is 0.491 e. The van der Waals surface area contributed by atoms with Crippen LogP contribution in [0.25, 0.3) is 0 Å². The number of amides is 1. The van der Waals surface area contributed by atoms with E-state index in [0.29, 0.717) is 6.54 Å². The normalized spacial score (nSPS) is 10.5. The van der Waals surface area contributed by atoms with Gasteiger partial charge in [0, 0.05) is 12.2 Å². The number of carbonyl (C=O) groups is 1. The van der Waals surface area contributed by atoms with E-state index in [4.69, 9.17) is 4.74 Å². The average Bonchev–Trinajstić information content (AvgIpc) is 2.53. The molecule has 2 N–H and O–H groups in total. The van der Waals surface area contributed by atoms with Gasteiger partial charge in [0.25, 0.3) is 0 Å². The predicted octanol–water partition coefficient (Wildman–Crippen LogP) is 3.82. The average molecular weight is 326 g/mol. The standard InChI is InChI=1S/C20H26N2O2/c1-14(2)24-18-8-6-17(7-9-18)12-22-20(23)13-21-19-10-5-15(3)11-16(19)4/h5-11,14,21H,12-13H2,1-4H3,(H,22,23). The number of carbonyl (C=O) groups excluding carboxylic acids is 1. The van der Waals surface area contributed by atoms with E-state index in [1.54, 1.807) is 0 Å². The summed E-state index contributed by atoms with van der Waals surface area (Å²) < 4.78 is 5.60. The van der Waals surface area contributed by atoms with Crippen LogP contribution in [-0.4, -0.2) is 18.6 Å². The first-order valence-electron chi connectivity index (χ1n) is 8.27. The number of benzene rings is 2. The highest BCUT2D eigenvalue weighted by molar-refractivity contribution is 5.80. The zero-order valence-electron chi connectivity index (χ0n) is 14.8. The molecule has 128 valence electrons. The number of rotatable bonds is 7. The second-order valence-electron chi connectivity index (χ2n) is 6.26. The summed E-state index contributed by atoms with van der Waals surface area (Å²) in [7, 11) is 0. The summed E-state index contributed by atoms with van der Waals surface area (Å²) >= 11 is 0. The Morgan fingerprint density at radius 2 is 1.79 bits per heavy atom. The Hall–Kier alpha value is -2.49.